The van der Waals surface area contributed by atoms with Crippen molar-refractivity contribution in [3.05, 3.63) is 30.3 Å². The molecule has 98 valence electrons. The standard InChI is InChI=1S/C14H18BrNO2/c15-12-7-4-8-13(12)16-14(17)9-10-18-11-5-2-1-3-6-11/h1-3,5-6,12-13H,4,7-10H2,(H,16,17). The van der Waals surface area contributed by atoms with Crippen LogP contribution in [0.4, 0.5) is 0 Å². The Morgan fingerprint density at radius 1 is 1.33 bits per heavy atom. The van der Waals surface area contributed by atoms with Crippen molar-refractivity contribution >= 4 is 21.8 Å². The molecule has 2 rings (SSSR count). The van der Waals surface area contributed by atoms with E-state index in [1.165, 1.54) is 6.42 Å². The molecule has 2 atom stereocenters. The number of nitrogens with one attached hydrogen (secondary N) is 1. The van der Waals surface area contributed by atoms with Crippen LogP contribution in [0.2, 0.25) is 0 Å². The summed E-state index contributed by atoms with van der Waals surface area (Å²) in [6, 6.07) is 9.85. The molecule has 0 aromatic heterocycles. The third-order valence-electron chi connectivity index (χ3n) is 3.12. The lowest BCUT2D eigenvalue weighted by atomic mass is 10.2. The molecule has 1 aromatic carbocycles. The fourth-order valence-electron chi connectivity index (χ4n) is 2.13. The Balaban J connectivity index is 1.66. The maximum absolute atomic E-state index is 11.7. The number of rotatable bonds is 5. The first kappa shape index (κ1) is 13.4. The fraction of sp³-hybridized carbons (Fsp3) is 0.500. The summed E-state index contributed by atoms with van der Waals surface area (Å²) in [6.07, 6.45) is 3.80. The molecule has 3 nitrogen and oxygen atoms in total. The van der Waals surface area contributed by atoms with Crippen LogP contribution in [0.25, 0.3) is 0 Å². The minimum atomic E-state index is 0.0716. The Labute approximate surface area is 116 Å². The highest BCUT2D eigenvalue weighted by molar-refractivity contribution is 9.09. The molecule has 1 aliphatic carbocycles. The number of benzene rings is 1. The molecular formula is C14H18BrNO2. The Morgan fingerprint density at radius 3 is 2.78 bits per heavy atom. The second kappa shape index (κ2) is 6.78. The van der Waals surface area contributed by atoms with Gasteiger partial charge in [-0.1, -0.05) is 40.5 Å². The molecule has 0 bridgehead atoms. The van der Waals surface area contributed by atoms with Gasteiger partial charge >= 0.3 is 0 Å². The average Bonchev–Trinajstić information content (AvgIpc) is 2.76. The molecule has 0 saturated heterocycles. The third-order valence-corrected chi connectivity index (χ3v) is 4.22. The minimum absolute atomic E-state index is 0.0716. The number of carbonyl (C=O) groups is 1. The van der Waals surface area contributed by atoms with Gasteiger partial charge < -0.3 is 10.1 Å². The monoisotopic (exact) mass is 311 g/mol. The van der Waals surface area contributed by atoms with Crippen LogP contribution in [0, 0.1) is 0 Å². The number of para-hydroxylation sites is 1. The van der Waals surface area contributed by atoms with Crippen molar-refractivity contribution in [2.75, 3.05) is 6.61 Å². The van der Waals surface area contributed by atoms with E-state index in [-0.39, 0.29) is 11.9 Å². The zero-order chi connectivity index (χ0) is 12.8. The van der Waals surface area contributed by atoms with E-state index in [9.17, 15) is 4.79 Å². The highest BCUT2D eigenvalue weighted by Crippen LogP contribution is 2.25. The van der Waals surface area contributed by atoms with E-state index in [1.807, 2.05) is 30.3 Å². The quantitative estimate of drug-likeness (QED) is 0.849. The van der Waals surface area contributed by atoms with Crippen molar-refractivity contribution in [3.63, 3.8) is 0 Å². The van der Waals surface area contributed by atoms with E-state index in [4.69, 9.17) is 4.74 Å². The third kappa shape index (κ3) is 4.02. The van der Waals surface area contributed by atoms with E-state index >= 15 is 0 Å². The SMILES string of the molecule is O=C(CCOc1ccccc1)NC1CCCC1Br. The van der Waals surface area contributed by atoms with Crippen LogP contribution in [0.1, 0.15) is 25.7 Å². The lowest BCUT2D eigenvalue weighted by Gasteiger charge is -2.16. The molecule has 0 spiro atoms. The van der Waals surface area contributed by atoms with Crippen molar-refractivity contribution in [2.45, 2.75) is 36.6 Å². The molecule has 4 heteroatoms. The van der Waals surface area contributed by atoms with Gasteiger partial charge in [0.05, 0.1) is 13.0 Å². The van der Waals surface area contributed by atoms with Gasteiger partial charge in [-0.25, -0.2) is 0 Å². The first-order valence-electron chi connectivity index (χ1n) is 6.37. The zero-order valence-electron chi connectivity index (χ0n) is 10.3. The maximum Gasteiger partial charge on any atom is 0.223 e. The molecule has 1 aromatic rings. The summed E-state index contributed by atoms with van der Waals surface area (Å²) < 4.78 is 5.50. The number of carbonyl (C=O) groups excluding carboxylic acids is 1. The highest BCUT2D eigenvalue weighted by atomic mass is 79.9. The Morgan fingerprint density at radius 2 is 2.11 bits per heavy atom. The number of halogens is 1. The van der Waals surface area contributed by atoms with Gasteiger partial charge in [-0.2, -0.15) is 0 Å². The number of ether oxygens (including phenoxy) is 1. The summed E-state index contributed by atoms with van der Waals surface area (Å²) in [5.41, 5.74) is 0. The highest BCUT2D eigenvalue weighted by Gasteiger charge is 2.25. The number of hydrogen-bond donors (Lipinski definition) is 1. The Kier molecular flexibility index (Phi) is 5.05. The number of alkyl halides is 1. The Bertz CT molecular complexity index is 383. The summed E-state index contributed by atoms with van der Waals surface area (Å²) in [7, 11) is 0. The number of hydrogen-bond acceptors (Lipinski definition) is 2. The van der Waals surface area contributed by atoms with E-state index < -0.39 is 0 Å². The molecular weight excluding hydrogens is 294 g/mol. The van der Waals surface area contributed by atoms with E-state index in [2.05, 4.69) is 21.2 Å². The van der Waals surface area contributed by atoms with Crippen molar-refractivity contribution in [2.24, 2.45) is 0 Å². The van der Waals surface area contributed by atoms with E-state index in [0.717, 1.165) is 18.6 Å². The van der Waals surface area contributed by atoms with Crippen LogP contribution in [0.5, 0.6) is 5.75 Å². The van der Waals surface area contributed by atoms with Gasteiger partial charge in [0, 0.05) is 10.9 Å². The van der Waals surface area contributed by atoms with Gasteiger partial charge in [0.2, 0.25) is 5.91 Å². The molecule has 1 aliphatic rings. The summed E-state index contributed by atoms with van der Waals surface area (Å²) in [5.74, 6) is 0.881. The van der Waals surface area contributed by atoms with Crippen molar-refractivity contribution in [1.82, 2.24) is 5.32 Å². The van der Waals surface area contributed by atoms with Gasteiger partial charge in [-0.3, -0.25) is 4.79 Å². The van der Waals surface area contributed by atoms with E-state index in [1.54, 1.807) is 0 Å². The molecule has 18 heavy (non-hydrogen) atoms. The molecule has 0 radical (unpaired) electrons. The predicted octanol–water partition coefficient (Wildman–Crippen LogP) is 2.89. The van der Waals surface area contributed by atoms with E-state index in [0.29, 0.717) is 17.9 Å². The summed E-state index contributed by atoms with van der Waals surface area (Å²) in [4.78, 5) is 12.2. The molecule has 2 unspecified atom stereocenters. The maximum atomic E-state index is 11.7. The molecule has 1 N–H and O–H groups in total. The molecule has 0 heterocycles. The van der Waals surface area contributed by atoms with Crippen LogP contribution in [-0.2, 0) is 4.79 Å². The van der Waals surface area contributed by atoms with Crippen LogP contribution >= 0.6 is 15.9 Å². The summed E-state index contributed by atoms with van der Waals surface area (Å²) in [6.45, 7) is 0.426. The van der Waals surface area contributed by atoms with Gasteiger partial charge in [0.25, 0.3) is 0 Å². The van der Waals surface area contributed by atoms with Crippen molar-refractivity contribution in [3.8, 4) is 5.75 Å². The molecule has 1 amide bonds. The number of amides is 1. The topological polar surface area (TPSA) is 38.3 Å². The Hall–Kier alpha value is -1.03. The average molecular weight is 312 g/mol. The predicted molar refractivity (Wildman–Crippen MR) is 75.1 cm³/mol. The minimum Gasteiger partial charge on any atom is -0.493 e. The summed E-state index contributed by atoms with van der Waals surface area (Å²) in [5, 5.41) is 3.05. The molecule has 1 fully saturated rings. The van der Waals surface area contributed by atoms with Crippen LogP contribution in [0.3, 0.4) is 0 Å². The molecule has 1 saturated carbocycles. The lowest BCUT2D eigenvalue weighted by Crippen LogP contribution is -2.38. The summed E-state index contributed by atoms with van der Waals surface area (Å²) >= 11 is 3.59. The van der Waals surface area contributed by atoms with Crippen LogP contribution in [-0.4, -0.2) is 23.4 Å². The van der Waals surface area contributed by atoms with Crippen LogP contribution in [0.15, 0.2) is 30.3 Å². The van der Waals surface area contributed by atoms with Gasteiger partial charge in [-0.15, -0.1) is 0 Å². The fourth-order valence-corrected chi connectivity index (χ4v) is 2.85. The second-order valence-electron chi connectivity index (χ2n) is 4.53. The zero-order valence-corrected chi connectivity index (χ0v) is 11.9. The van der Waals surface area contributed by atoms with Gasteiger partial charge in [0.1, 0.15) is 5.75 Å². The molecule has 0 aliphatic heterocycles. The second-order valence-corrected chi connectivity index (χ2v) is 5.71. The lowest BCUT2D eigenvalue weighted by molar-refractivity contribution is -0.122. The van der Waals surface area contributed by atoms with Gasteiger partial charge in [0.15, 0.2) is 0 Å². The largest absolute Gasteiger partial charge is 0.493 e. The van der Waals surface area contributed by atoms with Crippen LogP contribution < -0.4 is 10.1 Å². The normalized spacial score (nSPS) is 22.7. The van der Waals surface area contributed by atoms with Crippen molar-refractivity contribution < 1.29 is 9.53 Å². The first-order valence-corrected chi connectivity index (χ1v) is 7.28. The first-order chi connectivity index (χ1) is 8.75. The van der Waals surface area contributed by atoms with Crippen molar-refractivity contribution in [1.29, 1.82) is 0 Å². The van der Waals surface area contributed by atoms with Gasteiger partial charge in [-0.05, 0) is 25.0 Å². The smallest absolute Gasteiger partial charge is 0.223 e.